The Bertz CT molecular complexity index is 651. The summed E-state index contributed by atoms with van der Waals surface area (Å²) in [4.78, 5) is 10.3. The summed E-state index contributed by atoms with van der Waals surface area (Å²) < 4.78 is 1.69. The van der Waals surface area contributed by atoms with Crippen molar-refractivity contribution in [1.82, 2.24) is 9.78 Å². The maximum Gasteiger partial charge on any atom is 0.269 e. The van der Waals surface area contributed by atoms with Gasteiger partial charge in [-0.1, -0.05) is 11.6 Å². The Balaban J connectivity index is 2.40. The first-order valence-electron chi connectivity index (χ1n) is 5.62. The smallest absolute Gasteiger partial charge is 0.269 e. The summed E-state index contributed by atoms with van der Waals surface area (Å²) in [7, 11) is 0. The molecular formula is C12H13ClN4O2. The molecule has 0 unspecified atom stereocenters. The Morgan fingerprint density at radius 3 is 2.68 bits per heavy atom. The van der Waals surface area contributed by atoms with Gasteiger partial charge >= 0.3 is 0 Å². The number of nitrogen functional groups attached to an aromatic ring is 1. The van der Waals surface area contributed by atoms with Crippen LogP contribution in [0, 0.1) is 24.0 Å². The SMILES string of the molecule is Cc1nn(Cc2cc([N+](=O)[O-])ccc2N)c(C)c1Cl. The summed E-state index contributed by atoms with van der Waals surface area (Å²) in [6.07, 6.45) is 0. The molecule has 1 aromatic carbocycles. The van der Waals surface area contributed by atoms with Gasteiger partial charge in [-0.3, -0.25) is 14.8 Å². The van der Waals surface area contributed by atoms with E-state index in [0.717, 1.165) is 11.4 Å². The van der Waals surface area contributed by atoms with Crippen LogP contribution in [0.5, 0.6) is 0 Å². The Kier molecular flexibility index (Phi) is 3.44. The van der Waals surface area contributed by atoms with Crippen molar-refractivity contribution < 1.29 is 4.92 Å². The third-order valence-corrected chi connectivity index (χ3v) is 3.50. The molecular weight excluding hydrogens is 268 g/mol. The van der Waals surface area contributed by atoms with Gasteiger partial charge < -0.3 is 5.73 Å². The molecule has 2 aromatic rings. The summed E-state index contributed by atoms with van der Waals surface area (Å²) in [6.45, 7) is 4.01. The normalized spacial score (nSPS) is 10.7. The fourth-order valence-corrected chi connectivity index (χ4v) is 1.97. The number of anilines is 1. The largest absolute Gasteiger partial charge is 0.398 e. The van der Waals surface area contributed by atoms with Crippen LogP contribution in [-0.4, -0.2) is 14.7 Å². The van der Waals surface area contributed by atoms with Gasteiger partial charge in [0.1, 0.15) is 0 Å². The van der Waals surface area contributed by atoms with E-state index in [1.807, 2.05) is 13.8 Å². The van der Waals surface area contributed by atoms with Gasteiger partial charge in [-0.25, -0.2) is 0 Å². The van der Waals surface area contributed by atoms with Crippen molar-refractivity contribution >= 4 is 23.0 Å². The highest BCUT2D eigenvalue weighted by atomic mass is 35.5. The minimum Gasteiger partial charge on any atom is -0.398 e. The van der Waals surface area contributed by atoms with Gasteiger partial charge in [0.05, 0.1) is 27.9 Å². The summed E-state index contributed by atoms with van der Waals surface area (Å²) in [5.74, 6) is 0. The molecule has 0 bridgehead atoms. The van der Waals surface area contributed by atoms with E-state index < -0.39 is 4.92 Å². The van der Waals surface area contributed by atoms with E-state index in [9.17, 15) is 10.1 Å². The van der Waals surface area contributed by atoms with Gasteiger partial charge in [-0.05, 0) is 19.9 Å². The van der Waals surface area contributed by atoms with Gasteiger partial charge in [0, 0.05) is 23.4 Å². The lowest BCUT2D eigenvalue weighted by Crippen LogP contribution is -2.07. The van der Waals surface area contributed by atoms with Crippen molar-refractivity contribution in [1.29, 1.82) is 0 Å². The number of nitro benzene ring substituents is 1. The zero-order chi connectivity index (χ0) is 14.2. The number of nitrogens with two attached hydrogens (primary N) is 1. The Hall–Kier alpha value is -2.08. The highest BCUT2D eigenvalue weighted by molar-refractivity contribution is 6.31. The molecule has 100 valence electrons. The van der Waals surface area contributed by atoms with E-state index >= 15 is 0 Å². The number of hydrogen-bond acceptors (Lipinski definition) is 4. The Labute approximate surface area is 114 Å². The van der Waals surface area contributed by atoms with Crippen LogP contribution in [0.1, 0.15) is 17.0 Å². The molecule has 0 spiro atoms. The van der Waals surface area contributed by atoms with Crippen LogP contribution in [0.3, 0.4) is 0 Å². The van der Waals surface area contributed by atoms with Gasteiger partial charge in [-0.2, -0.15) is 5.10 Å². The van der Waals surface area contributed by atoms with Crippen LogP contribution >= 0.6 is 11.6 Å². The van der Waals surface area contributed by atoms with Crippen LogP contribution in [0.4, 0.5) is 11.4 Å². The lowest BCUT2D eigenvalue weighted by molar-refractivity contribution is -0.384. The third-order valence-electron chi connectivity index (χ3n) is 2.95. The molecule has 0 saturated carbocycles. The van der Waals surface area contributed by atoms with Crippen molar-refractivity contribution in [2.24, 2.45) is 0 Å². The van der Waals surface area contributed by atoms with Crippen LogP contribution in [0.25, 0.3) is 0 Å². The zero-order valence-electron chi connectivity index (χ0n) is 10.6. The van der Waals surface area contributed by atoms with Crippen LogP contribution in [0.15, 0.2) is 18.2 Å². The minimum absolute atomic E-state index is 0.0110. The first-order chi connectivity index (χ1) is 8.90. The number of non-ortho nitro benzene ring substituents is 1. The van der Waals surface area contributed by atoms with E-state index in [2.05, 4.69) is 5.10 Å². The number of halogens is 1. The fourth-order valence-electron chi connectivity index (χ4n) is 1.83. The molecule has 7 heteroatoms. The van der Waals surface area contributed by atoms with E-state index in [4.69, 9.17) is 17.3 Å². The lowest BCUT2D eigenvalue weighted by Gasteiger charge is -2.07. The Morgan fingerprint density at radius 1 is 1.47 bits per heavy atom. The maximum atomic E-state index is 10.8. The Morgan fingerprint density at radius 2 is 2.16 bits per heavy atom. The van der Waals surface area contributed by atoms with E-state index in [0.29, 0.717) is 22.8 Å². The molecule has 2 rings (SSSR count). The second-order valence-electron chi connectivity index (χ2n) is 4.28. The summed E-state index contributed by atoms with van der Waals surface area (Å²) in [6, 6.07) is 4.37. The second-order valence-corrected chi connectivity index (χ2v) is 4.66. The molecule has 0 radical (unpaired) electrons. The van der Waals surface area contributed by atoms with E-state index in [1.165, 1.54) is 18.2 Å². The summed E-state index contributed by atoms with van der Waals surface area (Å²) >= 11 is 6.06. The van der Waals surface area contributed by atoms with E-state index in [1.54, 1.807) is 4.68 Å². The zero-order valence-corrected chi connectivity index (χ0v) is 11.3. The number of rotatable bonds is 3. The molecule has 0 aliphatic rings. The number of nitrogens with zero attached hydrogens (tertiary/aromatic N) is 3. The van der Waals surface area contributed by atoms with Crippen molar-refractivity contribution in [2.45, 2.75) is 20.4 Å². The molecule has 0 aliphatic heterocycles. The number of benzene rings is 1. The first kappa shape index (κ1) is 13.4. The maximum absolute atomic E-state index is 10.8. The molecule has 19 heavy (non-hydrogen) atoms. The average Bonchev–Trinajstić information content (AvgIpc) is 2.59. The lowest BCUT2D eigenvalue weighted by atomic mass is 10.1. The molecule has 6 nitrogen and oxygen atoms in total. The van der Waals surface area contributed by atoms with Crippen molar-refractivity contribution in [2.75, 3.05) is 5.73 Å². The second kappa shape index (κ2) is 4.89. The molecule has 0 atom stereocenters. The minimum atomic E-state index is -0.447. The molecule has 0 aliphatic carbocycles. The monoisotopic (exact) mass is 280 g/mol. The first-order valence-corrected chi connectivity index (χ1v) is 6.00. The van der Waals surface area contributed by atoms with Gasteiger partial charge in [0.15, 0.2) is 0 Å². The highest BCUT2D eigenvalue weighted by Gasteiger charge is 2.13. The fraction of sp³-hybridized carbons (Fsp3) is 0.250. The highest BCUT2D eigenvalue weighted by Crippen LogP contribution is 2.24. The molecule has 0 amide bonds. The number of nitro groups is 1. The topological polar surface area (TPSA) is 87.0 Å². The van der Waals surface area contributed by atoms with Crippen LogP contribution < -0.4 is 5.73 Å². The van der Waals surface area contributed by atoms with E-state index in [-0.39, 0.29) is 5.69 Å². The number of aryl methyl sites for hydroxylation is 1. The van der Waals surface area contributed by atoms with Crippen molar-refractivity contribution in [3.8, 4) is 0 Å². The summed E-state index contributed by atoms with van der Waals surface area (Å²) in [5.41, 5.74) is 8.53. The average molecular weight is 281 g/mol. The standard InChI is InChI=1S/C12H13ClN4O2/c1-7-12(13)8(2)16(15-7)6-9-5-10(17(18)19)3-4-11(9)14/h3-5H,6,14H2,1-2H3. The van der Waals surface area contributed by atoms with Gasteiger partial charge in [-0.15, -0.1) is 0 Å². The van der Waals surface area contributed by atoms with Crippen molar-refractivity contribution in [3.63, 3.8) is 0 Å². The molecule has 2 N–H and O–H groups in total. The predicted octanol–water partition coefficient (Wildman–Crippen LogP) is 2.69. The summed E-state index contributed by atoms with van der Waals surface area (Å²) in [5, 5.41) is 15.6. The molecule has 1 heterocycles. The van der Waals surface area contributed by atoms with Gasteiger partial charge in [0.2, 0.25) is 0 Å². The number of aromatic nitrogens is 2. The number of hydrogen-bond donors (Lipinski definition) is 1. The predicted molar refractivity (Wildman–Crippen MR) is 73.3 cm³/mol. The van der Waals surface area contributed by atoms with Crippen LogP contribution in [0.2, 0.25) is 5.02 Å². The van der Waals surface area contributed by atoms with Crippen LogP contribution in [-0.2, 0) is 6.54 Å². The molecule has 0 saturated heterocycles. The molecule has 1 aromatic heterocycles. The quantitative estimate of drug-likeness (QED) is 0.532. The molecule has 0 fully saturated rings. The third kappa shape index (κ3) is 2.53. The van der Waals surface area contributed by atoms with Gasteiger partial charge in [0.25, 0.3) is 5.69 Å². The van der Waals surface area contributed by atoms with Crippen molar-refractivity contribution in [3.05, 3.63) is 50.3 Å².